The van der Waals surface area contributed by atoms with Crippen molar-refractivity contribution in [3.8, 4) is 23.0 Å². The molecule has 0 radical (unpaired) electrons. The first kappa shape index (κ1) is 18.4. The van der Waals surface area contributed by atoms with Gasteiger partial charge in [-0.1, -0.05) is 23.4 Å². The smallest absolute Gasteiger partial charge is 0.257 e. The molecule has 0 amide bonds. The van der Waals surface area contributed by atoms with Gasteiger partial charge in [0.15, 0.2) is 5.82 Å². The van der Waals surface area contributed by atoms with Crippen LogP contribution in [0.15, 0.2) is 59.1 Å². The van der Waals surface area contributed by atoms with Gasteiger partial charge in [-0.05, 0) is 43.4 Å². The Bertz CT molecular complexity index is 823. The first-order valence-electron chi connectivity index (χ1n) is 8.37. The van der Waals surface area contributed by atoms with Crippen molar-refractivity contribution < 1.29 is 9.26 Å². The highest BCUT2D eigenvalue weighted by molar-refractivity contribution is 5.85. The summed E-state index contributed by atoms with van der Waals surface area (Å²) < 4.78 is 11.3. The highest BCUT2D eigenvalue weighted by Crippen LogP contribution is 2.26. The van der Waals surface area contributed by atoms with Crippen LogP contribution in [-0.4, -0.2) is 41.7 Å². The van der Waals surface area contributed by atoms with Crippen LogP contribution in [0.2, 0.25) is 0 Å². The molecule has 1 aliphatic rings. The number of aromatic nitrogens is 2. The van der Waals surface area contributed by atoms with Gasteiger partial charge in [-0.2, -0.15) is 4.98 Å². The number of hydrogen-bond acceptors (Lipinski definition) is 6. The number of nitrogens with one attached hydrogen (secondary N) is 1. The molecule has 1 aliphatic heterocycles. The number of piperazine rings is 1. The normalized spacial score (nSPS) is 17.5. The fourth-order valence-corrected chi connectivity index (χ4v) is 2.87. The van der Waals surface area contributed by atoms with Gasteiger partial charge in [-0.3, -0.25) is 4.90 Å². The number of rotatable bonds is 4. The Morgan fingerprint density at radius 2 is 1.81 bits per heavy atom. The SMILES string of the molecule is CN1CCNCC1c1noc(-c2ccc(Oc3ccccc3)cc2)n1.Cl. The van der Waals surface area contributed by atoms with E-state index in [2.05, 4.69) is 27.4 Å². The van der Waals surface area contributed by atoms with Crippen molar-refractivity contribution >= 4 is 12.4 Å². The van der Waals surface area contributed by atoms with Gasteiger partial charge in [0.25, 0.3) is 5.89 Å². The molecule has 1 fully saturated rings. The predicted molar refractivity (Wildman–Crippen MR) is 102 cm³/mol. The van der Waals surface area contributed by atoms with Crippen molar-refractivity contribution in [2.24, 2.45) is 0 Å². The summed E-state index contributed by atoms with van der Waals surface area (Å²) in [5, 5.41) is 7.52. The van der Waals surface area contributed by atoms with Crippen LogP contribution < -0.4 is 10.1 Å². The maximum Gasteiger partial charge on any atom is 0.257 e. The summed E-state index contributed by atoms with van der Waals surface area (Å²) in [6.45, 7) is 2.79. The summed E-state index contributed by atoms with van der Waals surface area (Å²) in [6, 6.07) is 17.5. The van der Waals surface area contributed by atoms with Crippen LogP contribution in [0.25, 0.3) is 11.5 Å². The summed E-state index contributed by atoms with van der Waals surface area (Å²) in [6.07, 6.45) is 0. The molecule has 7 heteroatoms. The number of ether oxygens (including phenoxy) is 1. The van der Waals surface area contributed by atoms with Gasteiger partial charge >= 0.3 is 0 Å². The van der Waals surface area contributed by atoms with Gasteiger partial charge in [0.05, 0.1) is 6.04 Å². The lowest BCUT2D eigenvalue weighted by atomic mass is 10.2. The molecule has 136 valence electrons. The Morgan fingerprint density at radius 3 is 2.54 bits per heavy atom. The molecule has 2 aromatic carbocycles. The van der Waals surface area contributed by atoms with Crippen LogP contribution in [0, 0.1) is 0 Å². The third-order valence-electron chi connectivity index (χ3n) is 4.33. The second-order valence-corrected chi connectivity index (χ2v) is 6.10. The zero-order chi connectivity index (χ0) is 17.1. The van der Waals surface area contributed by atoms with E-state index in [1.165, 1.54) is 0 Å². The molecule has 3 aromatic rings. The van der Waals surface area contributed by atoms with Crippen molar-refractivity contribution in [3.63, 3.8) is 0 Å². The molecule has 1 aromatic heterocycles. The summed E-state index contributed by atoms with van der Waals surface area (Å²) >= 11 is 0. The van der Waals surface area contributed by atoms with E-state index < -0.39 is 0 Å². The molecule has 1 atom stereocenters. The van der Waals surface area contributed by atoms with Crippen molar-refractivity contribution in [1.82, 2.24) is 20.4 Å². The lowest BCUT2D eigenvalue weighted by Gasteiger charge is -2.30. The largest absolute Gasteiger partial charge is 0.457 e. The monoisotopic (exact) mass is 372 g/mol. The second-order valence-electron chi connectivity index (χ2n) is 6.10. The fourth-order valence-electron chi connectivity index (χ4n) is 2.87. The zero-order valence-corrected chi connectivity index (χ0v) is 15.3. The van der Waals surface area contributed by atoms with Gasteiger partial charge < -0.3 is 14.6 Å². The Hall–Kier alpha value is -2.41. The minimum Gasteiger partial charge on any atom is -0.457 e. The molecular weight excluding hydrogens is 352 g/mol. The number of nitrogens with zero attached hydrogens (tertiary/aromatic N) is 3. The predicted octanol–water partition coefficient (Wildman–Crippen LogP) is 3.53. The molecule has 1 unspecified atom stereocenters. The quantitative estimate of drug-likeness (QED) is 0.756. The van der Waals surface area contributed by atoms with Crippen LogP contribution in [0.1, 0.15) is 11.9 Å². The molecule has 26 heavy (non-hydrogen) atoms. The van der Waals surface area contributed by atoms with Crippen LogP contribution in [0.4, 0.5) is 0 Å². The minimum absolute atomic E-state index is 0. The molecule has 0 bridgehead atoms. The highest BCUT2D eigenvalue weighted by atomic mass is 35.5. The summed E-state index contributed by atoms with van der Waals surface area (Å²) in [5.74, 6) is 2.82. The molecule has 4 rings (SSSR count). The maximum atomic E-state index is 5.80. The van der Waals surface area contributed by atoms with Gasteiger partial charge in [0.2, 0.25) is 0 Å². The molecule has 0 spiro atoms. The summed E-state index contributed by atoms with van der Waals surface area (Å²) in [4.78, 5) is 6.81. The van der Waals surface area contributed by atoms with E-state index in [1.807, 2.05) is 54.6 Å². The van der Waals surface area contributed by atoms with E-state index in [-0.39, 0.29) is 18.4 Å². The van der Waals surface area contributed by atoms with Gasteiger partial charge in [-0.25, -0.2) is 0 Å². The number of hydrogen-bond donors (Lipinski definition) is 1. The first-order valence-corrected chi connectivity index (χ1v) is 8.37. The minimum atomic E-state index is 0. The van der Waals surface area contributed by atoms with E-state index in [9.17, 15) is 0 Å². The second kappa shape index (κ2) is 8.31. The Labute approximate surface area is 158 Å². The highest BCUT2D eigenvalue weighted by Gasteiger charge is 2.25. The van der Waals surface area contributed by atoms with Crippen LogP contribution >= 0.6 is 12.4 Å². The van der Waals surface area contributed by atoms with Crippen molar-refractivity contribution in [2.75, 3.05) is 26.7 Å². The molecular formula is C19H21ClN4O2. The number of halogens is 1. The molecule has 6 nitrogen and oxygen atoms in total. The third kappa shape index (κ3) is 4.04. The van der Waals surface area contributed by atoms with E-state index in [1.54, 1.807) is 0 Å². The van der Waals surface area contributed by atoms with Crippen LogP contribution in [-0.2, 0) is 0 Å². The lowest BCUT2D eigenvalue weighted by Crippen LogP contribution is -2.44. The Morgan fingerprint density at radius 1 is 1.08 bits per heavy atom. The van der Waals surface area contributed by atoms with Crippen LogP contribution in [0.3, 0.4) is 0 Å². The fraction of sp³-hybridized carbons (Fsp3) is 0.263. The first-order chi connectivity index (χ1) is 12.3. The van der Waals surface area contributed by atoms with E-state index in [4.69, 9.17) is 9.26 Å². The van der Waals surface area contributed by atoms with Crippen LogP contribution in [0.5, 0.6) is 11.5 Å². The van der Waals surface area contributed by atoms with E-state index in [0.29, 0.717) is 11.7 Å². The summed E-state index contributed by atoms with van der Waals surface area (Å²) in [5.41, 5.74) is 0.880. The van der Waals surface area contributed by atoms with Crippen molar-refractivity contribution in [3.05, 3.63) is 60.4 Å². The van der Waals surface area contributed by atoms with Crippen molar-refractivity contribution in [2.45, 2.75) is 6.04 Å². The average molecular weight is 373 g/mol. The Balaban J connectivity index is 0.00000196. The van der Waals surface area contributed by atoms with Crippen molar-refractivity contribution in [1.29, 1.82) is 0 Å². The van der Waals surface area contributed by atoms with Gasteiger partial charge in [-0.15, -0.1) is 12.4 Å². The number of para-hydroxylation sites is 1. The lowest BCUT2D eigenvalue weighted by molar-refractivity contribution is 0.190. The molecule has 1 saturated heterocycles. The third-order valence-corrected chi connectivity index (χ3v) is 4.33. The van der Waals surface area contributed by atoms with E-state index >= 15 is 0 Å². The molecule has 1 N–H and O–H groups in total. The number of likely N-dealkylation sites (N-methyl/N-ethyl adjacent to an activating group) is 1. The van der Waals surface area contributed by atoms with Gasteiger partial charge in [0.1, 0.15) is 11.5 Å². The summed E-state index contributed by atoms with van der Waals surface area (Å²) in [7, 11) is 2.08. The Kier molecular flexibility index (Phi) is 5.88. The molecule has 2 heterocycles. The topological polar surface area (TPSA) is 63.4 Å². The standard InChI is InChI=1S/C19H20N4O2.ClH/c1-23-12-11-20-13-17(23)18-21-19(25-22-18)14-7-9-16(10-8-14)24-15-5-3-2-4-6-15;/h2-10,17,20H,11-13H2,1H3;1H. The molecule has 0 aliphatic carbocycles. The number of benzene rings is 2. The zero-order valence-electron chi connectivity index (χ0n) is 14.5. The molecule has 0 saturated carbocycles. The average Bonchev–Trinajstić information content (AvgIpc) is 3.13. The van der Waals surface area contributed by atoms with E-state index in [0.717, 1.165) is 36.7 Å². The van der Waals surface area contributed by atoms with Gasteiger partial charge in [0, 0.05) is 25.2 Å². The maximum absolute atomic E-state index is 5.80.